The molecule has 0 radical (unpaired) electrons. The van der Waals surface area contributed by atoms with Crippen molar-refractivity contribution in [2.75, 3.05) is 25.0 Å². The van der Waals surface area contributed by atoms with Crippen LogP contribution in [0.25, 0.3) is 0 Å². The van der Waals surface area contributed by atoms with Gasteiger partial charge in [-0.15, -0.1) is 0 Å². The number of anilines is 1. The minimum atomic E-state index is -3.92. The number of aromatic nitrogens is 2. The van der Waals surface area contributed by atoms with Gasteiger partial charge in [0.05, 0.1) is 24.3 Å². The van der Waals surface area contributed by atoms with Crippen molar-refractivity contribution in [1.82, 2.24) is 14.3 Å². The molecular weight excluding hydrogens is 383 g/mol. The molecule has 148 valence electrons. The second-order valence-corrected chi connectivity index (χ2v) is 9.68. The van der Waals surface area contributed by atoms with E-state index < -0.39 is 21.3 Å². The van der Waals surface area contributed by atoms with Gasteiger partial charge in [-0.2, -0.15) is 4.31 Å². The summed E-state index contributed by atoms with van der Waals surface area (Å²) >= 11 is 0. The van der Waals surface area contributed by atoms with Crippen molar-refractivity contribution in [2.45, 2.75) is 42.2 Å². The molecule has 1 saturated heterocycles. The van der Waals surface area contributed by atoms with Gasteiger partial charge in [0.15, 0.2) is 0 Å². The smallest absolute Gasteiger partial charge is 0.246 e. The molecule has 0 amide bonds. The fraction of sp³-hybridized carbons (Fsp3) is 0.474. The van der Waals surface area contributed by atoms with Crippen molar-refractivity contribution in [2.24, 2.45) is 0 Å². The quantitative estimate of drug-likeness (QED) is 0.840. The van der Waals surface area contributed by atoms with E-state index in [2.05, 4.69) is 10.3 Å². The Morgan fingerprint density at radius 1 is 1.29 bits per heavy atom. The molecule has 1 saturated carbocycles. The summed E-state index contributed by atoms with van der Waals surface area (Å²) in [4.78, 5) is 8.82. The van der Waals surface area contributed by atoms with E-state index in [9.17, 15) is 12.8 Å². The summed E-state index contributed by atoms with van der Waals surface area (Å²) in [6.07, 6.45) is 4.57. The number of hydrogen-bond acceptors (Lipinski definition) is 6. The van der Waals surface area contributed by atoms with Crippen LogP contribution < -0.4 is 5.32 Å². The Morgan fingerprint density at radius 2 is 2.11 bits per heavy atom. The fourth-order valence-corrected chi connectivity index (χ4v) is 5.61. The molecule has 2 aliphatic heterocycles. The van der Waals surface area contributed by atoms with Crippen molar-refractivity contribution in [3.05, 3.63) is 47.5 Å². The molecule has 7 nitrogen and oxygen atoms in total. The minimum Gasteiger partial charge on any atom is -0.376 e. The number of nitrogens with zero attached hydrogens (tertiary/aromatic N) is 3. The number of rotatable bonds is 4. The topological polar surface area (TPSA) is 84.4 Å². The van der Waals surface area contributed by atoms with Crippen molar-refractivity contribution < 1.29 is 17.5 Å². The Hall–Kier alpha value is -2.10. The summed E-state index contributed by atoms with van der Waals surface area (Å²) in [5.74, 6) is -0.153. The van der Waals surface area contributed by atoms with Gasteiger partial charge in [0, 0.05) is 30.9 Å². The van der Waals surface area contributed by atoms with Crippen LogP contribution in [0.15, 0.2) is 35.4 Å². The molecule has 0 bridgehead atoms. The minimum absolute atomic E-state index is 0.219. The number of halogens is 1. The molecular formula is C19H21FN4O3S. The highest BCUT2D eigenvalue weighted by molar-refractivity contribution is 7.89. The van der Waals surface area contributed by atoms with Crippen molar-refractivity contribution in [1.29, 1.82) is 0 Å². The summed E-state index contributed by atoms with van der Waals surface area (Å²) < 4.78 is 47.3. The van der Waals surface area contributed by atoms with Crippen LogP contribution >= 0.6 is 0 Å². The summed E-state index contributed by atoms with van der Waals surface area (Å²) in [5, 5.41) is 3.30. The van der Waals surface area contributed by atoms with Gasteiger partial charge in [-0.25, -0.2) is 22.8 Å². The van der Waals surface area contributed by atoms with E-state index in [-0.39, 0.29) is 11.4 Å². The van der Waals surface area contributed by atoms with Crippen LogP contribution in [0.1, 0.15) is 30.5 Å². The van der Waals surface area contributed by atoms with Gasteiger partial charge in [0.2, 0.25) is 16.0 Å². The Kier molecular flexibility index (Phi) is 4.15. The lowest BCUT2D eigenvalue weighted by Crippen LogP contribution is -2.42. The van der Waals surface area contributed by atoms with Crippen LogP contribution in [0.4, 0.5) is 10.3 Å². The molecule has 2 aromatic rings. The van der Waals surface area contributed by atoms with Crippen molar-refractivity contribution in [3.8, 4) is 0 Å². The van der Waals surface area contributed by atoms with E-state index in [1.54, 1.807) is 6.20 Å². The summed E-state index contributed by atoms with van der Waals surface area (Å²) in [6, 6.07) is 5.91. The molecule has 1 aromatic carbocycles. The van der Waals surface area contributed by atoms with Crippen LogP contribution in [-0.4, -0.2) is 48.4 Å². The van der Waals surface area contributed by atoms with E-state index >= 15 is 0 Å². The van der Waals surface area contributed by atoms with E-state index in [0.29, 0.717) is 38.2 Å². The van der Waals surface area contributed by atoms with Crippen LogP contribution in [0.3, 0.4) is 0 Å². The highest BCUT2D eigenvalue weighted by atomic mass is 32.2. The van der Waals surface area contributed by atoms with Gasteiger partial charge in [-0.1, -0.05) is 12.1 Å². The average molecular weight is 404 g/mol. The van der Waals surface area contributed by atoms with E-state index in [0.717, 1.165) is 24.1 Å². The Labute approximate surface area is 163 Å². The summed E-state index contributed by atoms with van der Waals surface area (Å²) in [6.45, 7) is 1.33. The largest absolute Gasteiger partial charge is 0.376 e. The highest BCUT2D eigenvalue weighted by Crippen LogP contribution is 2.41. The number of fused-ring (bicyclic) bond motifs is 2. The SMILES string of the molecule is O=S(=O)(c1ccccc1F)N1CC[C@@]2(COCc3cnc(NC4CC4)nc32)C1. The fourth-order valence-electron chi connectivity index (χ4n) is 4.02. The second-order valence-electron chi connectivity index (χ2n) is 7.78. The highest BCUT2D eigenvalue weighted by Gasteiger charge is 2.48. The van der Waals surface area contributed by atoms with Crippen LogP contribution in [0, 0.1) is 5.82 Å². The third kappa shape index (κ3) is 2.98. The molecule has 9 heteroatoms. The van der Waals surface area contributed by atoms with Gasteiger partial charge >= 0.3 is 0 Å². The van der Waals surface area contributed by atoms with Gasteiger partial charge < -0.3 is 10.1 Å². The first kappa shape index (κ1) is 18.0. The molecule has 3 heterocycles. The van der Waals surface area contributed by atoms with Crippen molar-refractivity contribution in [3.63, 3.8) is 0 Å². The Morgan fingerprint density at radius 3 is 2.89 bits per heavy atom. The van der Waals surface area contributed by atoms with Crippen LogP contribution in [0.2, 0.25) is 0 Å². The lowest BCUT2D eigenvalue weighted by Gasteiger charge is -2.34. The maximum atomic E-state index is 14.1. The van der Waals surface area contributed by atoms with E-state index in [1.807, 2.05) is 0 Å². The van der Waals surface area contributed by atoms with E-state index in [4.69, 9.17) is 9.72 Å². The van der Waals surface area contributed by atoms with E-state index in [1.165, 1.54) is 28.6 Å². The molecule has 3 aliphatic rings. The molecule has 1 aliphatic carbocycles. The number of ether oxygens (including phenoxy) is 1. The maximum Gasteiger partial charge on any atom is 0.246 e. The second kappa shape index (κ2) is 6.47. The molecule has 28 heavy (non-hydrogen) atoms. The number of benzene rings is 1. The number of hydrogen-bond donors (Lipinski definition) is 1. The normalized spacial score (nSPS) is 25.0. The third-order valence-corrected chi connectivity index (χ3v) is 7.57. The standard InChI is InChI=1S/C19H21FN4O3S/c20-15-3-1-2-4-16(15)28(25,26)24-8-7-19(11-24)12-27-10-13-9-21-18(23-17(13)19)22-14-5-6-14/h1-4,9,14H,5-8,10-12H2,(H,21,22,23)/t19-/m0/s1. The van der Waals surface area contributed by atoms with Gasteiger partial charge in [0.1, 0.15) is 10.7 Å². The zero-order valence-corrected chi connectivity index (χ0v) is 16.1. The predicted molar refractivity (Wildman–Crippen MR) is 99.8 cm³/mol. The first-order chi connectivity index (χ1) is 13.5. The summed E-state index contributed by atoms with van der Waals surface area (Å²) in [7, 11) is -3.92. The monoisotopic (exact) mass is 404 g/mol. The van der Waals surface area contributed by atoms with Gasteiger partial charge in [-0.3, -0.25) is 0 Å². The van der Waals surface area contributed by atoms with Gasteiger partial charge in [0.25, 0.3) is 0 Å². The first-order valence-corrected chi connectivity index (χ1v) is 10.9. The first-order valence-electron chi connectivity index (χ1n) is 9.43. The average Bonchev–Trinajstić information content (AvgIpc) is 3.39. The number of sulfonamides is 1. The Balaban J connectivity index is 1.47. The zero-order chi connectivity index (χ0) is 19.4. The molecule has 0 unspecified atom stereocenters. The molecule has 1 atom stereocenters. The molecule has 2 fully saturated rings. The van der Waals surface area contributed by atoms with Gasteiger partial charge in [-0.05, 0) is 31.4 Å². The zero-order valence-electron chi connectivity index (χ0n) is 15.3. The molecule has 5 rings (SSSR count). The lowest BCUT2D eigenvalue weighted by molar-refractivity contribution is 0.0532. The third-order valence-electron chi connectivity index (χ3n) is 5.69. The molecule has 1 N–H and O–H groups in total. The van der Waals surface area contributed by atoms with Crippen LogP contribution in [-0.2, 0) is 26.8 Å². The summed E-state index contributed by atoms with van der Waals surface area (Å²) in [5.41, 5.74) is 1.20. The maximum absolute atomic E-state index is 14.1. The predicted octanol–water partition coefficient (Wildman–Crippen LogP) is 2.05. The molecule has 1 aromatic heterocycles. The van der Waals surface area contributed by atoms with Crippen LogP contribution in [0.5, 0.6) is 0 Å². The number of nitrogens with one attached hydrogen (secondary N) is 1. The molecule has 1 spiro atoms. The van der Waals surface area contributed by atoms with Crippen molar-refractivity contribution >= 4 is 16.0 Å². The lowest BCUT2D eigenvalue weighted by atomic mass is 9.81. The Bertz CT molecular complexity index is 1030.